The van der Waals surface area contributed by atoms with Crippen LogP contribution in [0, 0.1) is 6.92 Å². The lowest BCUT2D eigenvalue weighted by Gasteiger charge is -2.11. The quantitative estimate of drug-likeness (QED) is 0.743. The lowest BCUT2D eigenvalue weighted by Crippen LogP contribution is -2.07. The summed E-state index contributed by atoms with van der Waals surface area (Å²) in [6.07, 6.45) is 0.161. The largest absolute Gasteiger partial charge is 0.491 e. The van der Waals surface area contributed by atoms with Crippen LogP contribution in [0.4, 0.5) is 0 Å². The van der Waals surface area contributed by atoms with Gasteiger partial charge in [-0.25, -0.2) is 8.42 Å². The molecule has 0 saturated carbocycles. The molecular formula is C16H15BrO4S. The van der Waals surface area contributed by atoms with E-state index in [9.17, 15) is 8.42 Å². The molecule has 0 bridgehead atoms. The third-order valence-corrected chi connectivity index (χ3v) is 6.30. The predicted octanol–water partition coefficient (Wildman–Crippen LogP) is 3.37. The van der Waals surface area contributed by atoms with E-state index < -0.39 is 9.84 Å². The molecular weight excluding hydrogens is 368 g/mol. The Labute approximate surface area is 138 Å². The molecule has 0 amide bonds. The molecule has 3 rings (SSSR count). The van der Waals surface area contributed by atoms with Crippen molar-refractivity contribution in [1.82, 2.24) is 0 Å². The van der Waals surface area contributed by atoms with Crippen LogP contribution in [-0.4, -0.2) is 27.7 Å². The maximum absolute atomic E-state index is 12.8. The first-order valence-electron chi connectivity index (χ1n) is 6.83. The molecule has 0 spiro atoms. The molecule has 1 aliphatic rings. The van der Waals surface area contributed by atoms with Gasteiger partial charge < -0.3 is 9.47 Å². The van der Waals surface area contributed by atoms with Crippen LogP contribution < -0.4 is 4.74 Å². The highest BCUT2D eigenvalue weighted by Gasteiger charge is 2.25. The molecule has 1 heterocycles. The second-order valence-corrected chi connectivity index (χ2v) is 7.87. The fraction of sp³-hybridized carbons (Fsp3) is 0.250. The van der Waals surface area contributed by atoms with Gasteiger partial charge in [0.25, 0.3) is 0 Å². The summed E-state index contributed by atoms with van der Waals surface area (Å²) < 4.78 is 36.7. The number of halogens is 1. The van der Waals surface area contributed by atoms with Crippen molar-refractivity contribution < 1.29 is 17.9 Å². The Kier molecular flexibility index (Phi) is 4.25. The maximum atomic E-state index is 12.8. The Morgan fingerprint density at radius 1 is 1.23 bits per heavy atom. The molecule has 0 radical (unpaired) electrons. The van der Waals surface area contributed by atoms with E-state index in [1.54, 1.807) is 43.3 Å². The second kappa shape index (κ2) is 6.02. The van der Waals surface area contributed by atoms with Crippen LogP contribution in [0.15, 0.2) is 56.7 Å². The SMILES string of the molecule is Cc1ccccc1S(=O)(=O)c1ccc(OCC2CO2)cc1Br. The van der Waals surface area contributed by atoms with Gasteiger partial charge in [-0.15, -0.1) is 0 Å². The molecule has 22 heavy (non-hydrogen) atoms. The normalized spacial score (nSPS) is 17.3. The minimum absolute atomic E-state index is 0.161. The molecule has 0 aromatic heterocycles. The molecule has 1 aliphatic heterocycles. The van der Waals surface area contributed by atoms with Crippen molar-refractivity contribution in [3.8, 4) is 5.75 Å². The molecule has 1 saturated heterocycles. The first-order valence-corrected chi connectivity index (χ1v) is 9.11. The monoisotopic (exact) mass is 382 g/mol. The zero-order valence-corrected chi connectivity index (χ0v) is 14.4. The molecule has 1 fully saturated rings. The highest BCUT2D eigenvalue weighted by molar-refractivity contribution is 9.10. The standard InChI is InChI=1S/C16H15BrO4S/c1-11-4-2-3-5-15(11)22(18,19)16-7-6-12(8-14(16)17)20-9-13-10-21-13/h2-8,13H,9-10H2,1H3. The van der Waals surface area contributed by atoms with Crippen LogP contribution in [0.2, 0.25) is 0 Å². The number of aryl methyl sites for hydroxylation is 1. The van der Waals surface area contributed by atoms with Gasteiger partial charge in [-0.2, -0.15) is 0 Å². The zero-order valence-electron chi connectivity index (χ0n) is 12.0. The smallest absolute Gasteiger partial charge is 0.207 e. The fourth-order valence-electron chi connectivity index (χ4n) is 2.12. The van der Waals surface area contributed by atoms with Gasteiger partial charge in [-0.1, -0.05) is 18.2 Å². The number of epoxide rings is 1. The van der Waals surface area contributed by atoms with Gasteiger partial charge in [0.1, 0.15) is 18.5 Å². The number of hydrogen-bond acceptors (Lipinski definition) is 4. The Morgan fingerprint density at radius 3 is 2.59 bits per heavy atom. The van der Waals surface area contributed by atoms with Crippen LogP contribution in [0.25, 0.3) is 0 Å². The van der Waals surface area contributed by atoms with Crippen LogP contribution >= 0.6 is 15.9 Å². The maximum Gasteiger partial charge on any atom is 0.207 e. The van der Waals surface area contributed by atoms with Crippen molar-refractivity contribution in [1.29, 1.82) is 0 Å². The van der Waals surface area contributed by atoms with E-state index in [4.69, 9.17) is 9.47 Å². The Hall–Kier alpha value is -1.37. The predicted molar refractivity (Wildman–Crippen MR) is 86.0 cm³/mol. The minimum Gasteiger partial charge on any atom is -0.491 e. The van der Waals surface area contributed by atoms with E-state index in [2.05, 4.69) is 15.9 Å². The second-order valence-electron chi connectivity index (χ2n) is 5.13. The summed E-state index contributed by atoms with van der Waals surface area (Å²) in [6.45, 7) is 2.99. The third kappa shape index (κ3) is 3.19. The van der Waals surface area contributed by atoms with Crippen LogP contribution in [-0.2, 0) is 14.6 Å². The van der Waals surface area contributed by atoms with E-state index in [1.165, 1.54) is 0 Å². The molecule has 0 aliphatic carbocycles. The van der Waals surface area contributed by atoms with Gasteiger partial charge in [0.15, 0.2) is 0 Å². The van der Waals surface area contributed by atoms with Crippen LogP contribution in [0.1, 0.15) is 5.56 Å². The summed E-state index contributed by atoms with van der Waals surface area (Å²) >= 11 is 3.34. The zero-order chi connectivity index (χ0) is 15.7. The molecule has 0 N–H and O–H groups in total. The Balaban J connectivity index is 1.92. The summed E-state index contributed by atoms with van der Waals surface area (Å²) in [6, 6.07) is 11.8. The van der Waals surface area contributed by atoms with Crippen molar-refractivity contribution >= 4 is 25.8 Å². The number of rotatable bonds is 5. The van der Waals surface area contributed by atoms with E-state index in [1.807, 2.05) is 6.07 Å². The van der Waals surface area contributed by atoms with Crippen molar-refractivity contribution in [2.24, 2.45) is 0 Å². The van der Waals surface area contributed by atoms with Gasteiger partial charge in [-0.05, 0) is 52.7 Å². The van der Waals surface area contributed by atoms with Gasteiger partial charge in [-0.3, -0.25) is 0 Å². The summed E-state index contributed by atoms with van der Waals surface area (Å²) in [5, 5.41) is 0. The van der Waals surface area contributed by atoms with Gasteiger partial charge in [0, 0.05) is 4.47 Å². The lowest BCUT2D eigenvalue weighted by molar-refractivity contribution is 0.263. The van der Waals surface area contributed by atoms with Gasteiger partial charge >= 0.3 is 0 Å². The average molecular weight is 383 g/mol. The van der Waals surface area contributed by atoms with Crippen molar-refractivity contribution in [2.45, 2.75) is 22.8 Å². The summed E-state index contributed by atoms with van der Waals surface area (Å²) in [4.78, 5) is 0.549. The van der Waals surface area contributed by atoms with E-state index in [0.29, 0.717) is 21.7 Å². The molecule has 6 heteroatoms. The average Bonchev–Trinajstić information content (AvgIpc) is 3.29. The Bertz CT molecular complexity index is 798. The minimum atomic E-state index is -3.56. The van der Waals surface area contributed by atoms with Crippen molar-refractivity contribution in [3.05, 3.63) is 52.5 Å². The number of ether oxygens (including phenoxy) is 2. The molecule has 4 nitrogen and oxygen atoms in total. The highest BCUT2D eigenvalue weighted by atomic mass is 79.9. The van der Waals surface area contributed by atoms with Crippen molar-refractivity contribution in [3.63, 3.8) is 0 Å². The first kappa shape index (κ1) is 15.5. The third-order valence-electron chi connectivity index (χ3n) is 3.41. The van der Waals surface area contributed by atoms with Crippen molar-refractivity contribution in [2.75, 3.05) is 13.2 Å². The summed E-state index contributed by atoms with van der Waals surface area (Å²) in [7, 11) is -3.56. The van der Waals surface area contributed by atoms with E-state index in [0.717, 1.165) is 12.2 Å². The molecule has 2 aromatic rings. The molecule has 1 unspecified atom stereocenters. The van der Waals surface area contributed by atoms with E-state index in [-0.39, 0.29) is 11.0 Å². The van der Waals surface area contributed by atoms with Crippen LogP contribution in [0.3, 0.4) is 0 Å². The van der Waals surface area contributed by atoms with Gasteiger partial charge in [0.2, 0.25) is 9.84 Å². The van der Waals surface area contributed by atoms with Gasteiger partial charge in [0.05, 0.1) is 16.4 Å². The lowest BCUT2D eigenvalue weighted by atomic mass is 10.2. The van der Waals surface area contributed by atoms with Crippen LogP contribution in [0.5, 0.6) is 5.75 Å². The first-order chi connectivity index (χ1) is 10.5. The number of benzene rings is 2. The topological polar surface area (TPSA) is 55.9 Å². The molecule has 2 aromatic carbocycles. The molecule has 116 valence electrons. The van der Waals surface area contributed by atoms with E-state index >= 15 is 0 Å². The number of hydrogen-bond donors (Lipinski definition) is 0. The molecule has 1 atom stereocenters. The summed E-state index contributed by atoms with van der Waals surface area (Å²) in [5.41, 5.74) is 0.723. The number of sulfone groups is 1. The highest BCUT2D eigenvalue weighted by Crippen LogP contribution is 2.32. The fourth-order valence-corrected chi connectivity index (χ4v) is 4.67. The summed E-state index contributed by atoms with van der Waals surface area (Å²) in [5.74, 6) is 0.617. The Morgan fingerprint density at radius 2 is 1.95 bits per heavy atom.